The van der Waals surface area contributed by atoms with Crippen molar-refractivity contribution in [2.24, 2.45) is 0 Å². The van der Waals surface area contributed by atoms with Crippen molar-refractivity contribution in [2.45, 2.75) is 12.6 Å². The number of hydrogen-bond acceptors (Lipinski definition) is 3. The largest absolute Gasteiger partial charge is 0.417 e. The molecule has 0 unspecified atom stereocenters. The van der Waals surface area contributed by atoms with E-state index in [9.17, 15) is 22.4 Å². The van der Waals surface area contributed by atoms with Gasteiger partial charge in [-0.3, -0.25) is 4.79 Å². The van der Waals surface area contributed by atoms with Crippen LogP contribution in [0.4, 0.5) is 23.4 Å². The van der Waals surface area contributed by atoms with Crippen LogP contribution >= 0.6 is 11.6 Å². The summed E-state index contributed by atoms with van der Waals surface area (Å²) in [5.41, 5.74) is -0.918. The molecular weight excluding hydrogens is 386 g/mol. The third-order valence-corrected chi connectivity index (χ3v) is 4.61. The lowest BCUT2D eigenvalue weighted by atomic mass is 10.2. The van der Waals surface area contributed by atoms with Crippen molar-refractivity contribution in [3.8, 4) is 0 Å². The first kappa shape index (κ1) is 19.4. The molecule has 1 aliphatic rings. The molecule has 1 aromatic heterocycles. The molecule has 27 heavy (non-hydrogen) atoms. The van der Waals surface area contributed by atoms with Gasteiger partial charge in [0.15, 0.2) is 0 Å². The molecule has 1 amide bonds. The van der Waals surface area contributed by atoms with Gasteiger partial charge >= 0.3 is 6.18 Å². The SMILES string of the molecule is O=C(c1ccccc1F)N1CCCN(c2ncc(C(F)(F)F)cc2Cl)CC1. The molecule has 1 aromatic carbocycles. The summed E-state index contributed by atoms with van der Waals surface area (Å²) in [7, 11) is 0. The Labute approximate surface area is 158 Å². The summed E-state index contributed by atoms with van der Waals surface area (Å²) in [5.74, 6) is -0.762. The number of benzene rings is 1. The van der Waals surface area contributed by atoms with Crippen molar-refractivity contribution in [3.63, 3.8) is 0 Å². The summed E-state index contributed by atoms with van der Waals surface area (Å²) in [6.45, 7) is 1.49. The van der Waals surface area contributed by atoms with E-state index in [1.165, 1.54) is 23.1 Å². The molecular formula is C18H16ClF4N3O. The van der Waals surface area contributed by atoms with Crippen LogP contribution in [0.1, 0.15) is 22.3 Å². The molecule has 0 spiro atoms. The van der Waals surface area contributed by atoms with E-state index >= 15 is 0 Å². The quantitative estimate of drug-likeness (QED) is 0.706. The number of rotatable bonds is 2. The average molecular weight is 402 g/mol. The first-order valence-corrected chi connectivity index (χ1v) is 8.66. The Bertz CT molecular complexity index is 844. The molecule has 0 atom stereocenters. The van der Waals surface area contributed by atoms with Gasteiger partial charge in [-0.1, -0.05) is 23.7 Å². The van der Waals surface area contributed by atoms with Gasteiger partial charge in [-0.2, -0.15) is 13.2 Å². The van der Waals surface area contributed by atoms with E-state index in [1.807, 2.05) is 0 Å². The van der Waals surface area contributed by atoms with Crippen molar-refractivity contribution in [1.29, 1.82) is 0 Å². The first-order chi connectivity index (χ1) is 12.8. The van der Waals surface area contributed by atoms with E-state index in [2.05, 4.69) is 4.98 Å². The van der Waals surface area contributed by atoms with E-state index in [0.29, 0.717) is 26.1 Å². The van der Waals surface area contributed by atoms with E-state index < -0.39 is 23.5 Å². The Morgan fingerprint density at radius 1 is 1.11 bits per heavy atom. The van der Waals surface area contributed by atoms with Gasteiger partial charge in [-0.15, -0.1) is 0 Å². The van der Waals surface area contributed by atoms with E-state index in [1.54, 1.807) is 11.0 Å². The van der Waals surface area contributed by atoms with Crippen molar-refractivity contribution in [3.05, 3.63) is 58.5 Å². The number of amides is 1. The lowest BCUT2D eigenvalue weighted by Gasteiger charge is -2.24. The van der Waals surface area contributed by atoms with Crippen LogP contribution < -0.4 is 4.90 Å². The van der Waals surface area contributed by atoms with E-state index in [0.717, 1.165) is 12.3 Å². The summed E-state index contributed by atoms with van der Waals surface area (Å²) in [6, 6.07) is 6.59. The van der Waals surface area contributed by atoms with Gasteiger partial charge in [0, 0.05) is 32.4 Å². The fourth-order valence-corrected chi connectivity index (χ4v) is 3.24. The number of hydrogen-bond donors (Lipinski definition) is 0. The summed E-state index contributed by atoms with van der Waals surface area (Å²) in [5, 5.41) is -0.0984. The maximum atomic E-state index is 13.8. The Morgan fingerprint density at radius 2 is 1.85 bits per heavy atom. The molecule has 1 saturated heterocycles. The highest BCUT2D eigenvalue weighted by Gasteiger charge is 2.32. The molecule has 0 saturated carbocycles. The fraction of sp³-hybridized carbons (Fsp3) is 0.333. The molecule has 1 fully saturated rings. The van der Waals surface area contributed by atoms with Crippen LogP contribution in [0.3, 0.4) is 0 Å². The molecule has 0 bridgehead atoms. The Morgan fingerprint density at radius 3 is 2.52 bits per heavy atom. The third kappa shape index (κ3) is 4.32. The molecule has 4 nitrogen and oxygen atoms in total. The zero-order valence-corrected chi connectivity index (χ0v) is 14.9. The maximum Gasteiger partial charge on any atom is 0.417 e. The van der Waals surface area contributed by atoms with Gasteiger partial charge in [0.2, 0.25) is 0 Å². The van der Waals surface area contributed by atoms with Gasteiger partial charge in [-0.05, 0) is 24.6 Å². The molecule has 2 heterocycles. The van der Waals surface area contributed by atoms with Gasteiger partial charge in [-0.25, -0.2) is 9.37 Å². The van der Waals surface area contributed by atoms with Crippen LogP contribution in [0.25, 0.3) is 0 Å². The minimum atomic E-state index is -4.52. The number of aromatic nitrogens is 1. The average Bonchev–Trinajstić information content (AvgIpc) is 2.87. The Kier molecular flexibility index (Phi) is 5.55. The Balaban J connectivity index is 1.74. The van der Waals surface area contributed by atoms with Crippen LogP contribution in [-0.4, -0.2) is 42.0 Å². The van der Waals surface area contributed by atoms with Gasteiger partial charge in [0.05, 0.1) is 16.1 Å². The van der Waals surface area contributed by atoms with Crippen molar-refractivity contribution in [1.82, 2.24) is 9.88 Å². The summed E-state index contributed by atoms with van der Waals surface area (Å²) in [4.78, 5) is 19.7. The number of halogens is 5. The monoisotopic (exact) mass is 401 g/mol. The third-order valence-electron chi connectivity index (χ3n) is 4.34. The van der Waals surface area contributed by atoms with Crippen LogP contribution in [0.15, 0.2) is 36.5 Å². The number of nitrogens with zero attached hydrogens (tertiary/aromatic N) is 3. The van der Waals surface area contributed by atoms with Crippen LogP contribution in [-0.2, 0) is 6.18 Å². The topological polar surface area (TPSA) is 36.4 Å². The second-order valence-electron chi connectivity index (χ2n) is 6.14. The van der Waals surface area contributed by atoms with E-state index in [4.69, 9.17) is 11.6 Å². The lowest BCUT2D eigenvalue weighted by molar-refractivity contribution is -0.137. The smallest absolute Gasteiger partial charge is 0.354 e. The number of carbonyl (C=O) groups excluding carboxylic acids is 1. The lowest BCUT2D eigenvalue weighted by Crippen LogP contribution is -2.35. The van der Waals surface area contributed by atoms with Crippen molar-refractivity contribution < 1.29 is 22.4 Å². The predicted molar refractivity (Wildman–Crippen MR) is 93.4 cm³/mol. The molecule has 0 N–H and O–H groups in total. The number of alkyl halides is 3. The molecule has 2 aromatic rings. The number of anilines is 1. The molecule has 9 heteroatoms. The first-order valence-electron chi connectivity index (χ1n) is 8.29. The minimum absolute atomic E-state index is 0.00311. The number of carbonyl (C=O) groups is 1. The predicted octanol–water partition coefficient (Wildman–Crippen LogP) is 4.25. The van der Waals surface area contributed by atoms with Crippen LogP contribution in [0.2, 0.25) is 5.02 Å². The van der Waals surface area contributed by atoms with Gasteiger partial charge in [0.25, 0.3) is 5.91 Å². The zero-order valence-electron chi connectivity index (χ0n) is 14.1. The summed E-state index contributed by atoms with van der Waals surface area (Å²) < 4.78 is 52.1. The van der Waals surface area contributed by atoms with Crippen LogP contribution in [0.5, 0.6) is 0 Å². The summed E-state index contributed by atoms with van der Waals surface area (Å²) >= 11 is 6.00. The highest BCUT2D eigenvalue weighted by atomic mass is 35.5. The highest BCUT2D eigenvalue weighted by Crippen LogP contribution is 2.33. The maximum absolute atomic E-state index is 13.8. The van der Waals surface area contributed by atoms with Crippen LogP contribution in [0, 0.1) is 5.82 Å². The fourth-order valence-electron chi connectivity index (χ4n) is 2.96. The number of pyridine rings is 1. The van der Waals surface area contributed by atoms with Crippen molar-refractivity contribution >= 4 is 23.3 Å². The van der Waals surface area contributed by atoms with Gasteiger partial charge < -0.3 is 9.80 Å². The Hall–Kier alpha value is -2.35. The second-order valence-corrected chi connectivity index (χ2v) is 6.55. The van der Waals surface area contributed by atoms with Gasteiger partial charge in [0.1, 0.15) is 11.6 Å². The summed E-state index contributed by atoms with van der Waals surface area (Å²) in [6.07, 6.45) is -3.22. The van der Waals surface area contributed by atoms with E-state index in [-0.39, 0.29) is 22.9 Å². The zero-order chi connectivity index (χ0) is 19.6. The molecule has 0 aliphatic carbocycles. The normalized spacial score (nSPS) is 15.6. The molecule has 3 rings (SSSR count). The molecule has 144 valence electrons. The minimum Gasteiger partial charge on any atom is -0.354 e. The highest BCUT2D eigenvalue weighted by molar-refractivity contribution is 6.33. The molecule has 1 aliphatic heterocycles. The standard InChI is InChI=1S/C18H16ClF4N3O/c19-14-10-12(18(21,22)23)11-24-16(14)25-6-3-7-26(9-8-25)17(27)13-4-1-2-5-15(13)20/h1-2,4-5,10-11H,3,6-9H2. The van der Waals surface area contributed by atoms with Crippen molar-refractivity contribution in [2.75, 3.05) is 31.1 Å². The molecule has 0 radical (unpaired) electrons. The second kappa shape index (κ2) is 7.72.